The zero-order valence-corrected chi connectivity index (χ0v) is 11.5. The minimum Gasteiger partial charge on any atom is -0.337 e. The van der Waals surface area contributed by atoms with Gasteiger partial charge in [0.2, 0.25) is 0 Å². The first-order valence-electron chi connectivity index (χ1n) is 5.54. The van der Waals surface area contributed by atoms with Crippen LogP contribution < -0.4 is 5.32 Å². The fourth-order valence-electron chi connectivity index (χ4n) is 2.02. The molecule has 0 saturated carbocycles. The van der Waals surface area contributed by atoms with Crippen LogP contribution in [0.15, 0.2) is 18.2 Å². The van der Waals surface area contributed by atoms with Crippen molar-refractivity contribution in [3.8, 4) is 0 Å². The number of hydrogen-bond donors (Lipinski definition) is 1. The molecule has 1 fully saturated rings. The van der Waals surface area contributed by atoms with Crippen LogP contribution in [0.3, 0.4) is 0 Å². The number of amides is 1. The van der Waals surface area contributed by atoms with Gasteiger partial charge in [-0.15, -0.1) is 12.4 Å². The van der Waals surface area contributed by atoms with Crippen LogP contribution in [-0.4, -0.2) is 37.0 Å². The summed E-state index contributed by atoms with van der Waals surface area (Å²) in [5, 5.41) is 3.10. The highest BCUT2D eigenvalue weighted by Gasteiger charge is 2.27. The molecule has 0 bridgehead atoms. The lowest BCUT2D eigenvalue weighted by atomic mass is 10.2. The summed E-state index contributed by atoms with van der Waals surface area (Å²) in [6.45, 7) is 1.26. The fourth-order valence-corrected chi connectivity index (χ4v) is 2.19. The Labute approximate surface area is 117 Å². The summed E-state index contributed by atoms with van der Waals surface area (Å²) in [5.74, 6) is -0.921. The molecule has 0 aromatic heterocycles. The van der Waals surface area contributed by atoms with Crippen molar-refractivity contribution in [2.24, 2.45) is 0 Å². The molecule has 0 aliphatic carbocycles. The second-order valence-electron chi connectivity index (χ2n) is 4.13. The Morgan fingerprint density at radius 1 is 1.56 bits per heavy atom. The minimum atomic E-state index is -0.632. The van der Waals surface area contributed by atoms with Crippen molar-refractivity contribution in [3.63, 3.8) is 0 Å². The minimum absolute atomic E-state index is 0. The Bertz CT molecular complexity index is 442. The number of carbonyl (C=O) groups is 1. The number of likely N-dealkylation sites (tertiary alicyclic amines) is 1. The molecule has 1 amide bonds. The highest BCUT2D eigenvalue weighted by Crippen LogP contribution is 2.21. The second-order valence-corrected chi connectivity index (χ2v) is 4.53. The van der Waals surface area contributed by atoms with E-state index in [1.54, 1.807) is 11.0 Å². The topological polar surface area (TPSA) is 32.3 Å². The van der Waals surface area contributed by atoms with Gasteiger partial charge in [-0.1, -0.05) is 17.7 Å². The third-order valence-corrected chi connectivity index (χ3v) is 3.36. The van der Waals surface area contributed by atoms with E-state index in [9.17, 15) is 9.18 Å². The molecule has 100 valence electrons. The van der Waals surface area contributed by atoms with Gasteiger partial charge >= 0.3 is 0 Å². The largest absolute Gasteiger partial charge is 0.337 e. The molecule has 0 spiro atoms. The predicted molar refractivity (Wildman–Crippen MR) is 72.0 cm³/mol. The van der Waals surface area contributed by atoms with E-state index in [2.05, 4.69) is 5.32 Å². The molecule has 1 atom stereocenters. The molecule has 6 heteroatoms. The monoisotopic (exact) mass is 292 g/mol. The zero-order chi connectivity index (χ0) is 12.4. The first-order valence-corrected chi connectivity index (χ1v) is 5.92. The first kappa shape index (κ1) is 15.2. The van der Waals surface area contributed by atoms with E-state index < -0.39 is 5.82 Å². The summed E-state index contributed by atoms with van der Waals surface area (Å²) in [5.41, 5.74) is 0.0502. The van der Waals surface area contributed by atoms with Crippen LogP contribution >= 0.6 is 24.0 Å². The number of nitrogens with one attached hydrogen (secondary N) is 1. The van der Waals surface area contributed by atoms with E-state index in [4.69, 9.17) is 11.6 Å². The summed E-state index contributed by atoms with van der Waals surface area (Å²) in [6, 6.07) is 4.79. The maximum Gasteiger partial charge on any atom is 0.256 e. The maximum absolute atomic E-state index is 13.7. The molecule has 1 unspecified atom stereocenters. The molecular formula is C12H15Cl2FN2O. The van der Waals surface area contributed by atoms with Crippen molar-refractivity contribution < 1.29 is 9.18 Å². The van der Waals surface area contributed by atoms with Gasteiger partial charge in [0.05, 0.1) is 10.6 Å². The summed E-state index contributed by atoms with van der Waals surface area (Å²) in [7, 11) is 1.86. The number of benzene rings is 1. The van der Waals surface area contributed by atoms with Crippen LogP contribution in [0.1, 0.15) is 16.8 Å². The molecule has 1 saturated heterocycles. The predicted octanol–water partition coefficient (Wildman–Crippen LogP) is 2.33. The molecular weight excluding hydrogens is 278 g/mol. The van der Waals surface area contributed by atoms with Gasteiger partial charge in [0.1, 0.15) is 0 Å². The van der Waals surface area contributed by atoms with Gasteiger partial charge in [-0.3, -0.25) is 4.79 Å². The lowest BCUT2D eigenvalue weighted by molar-refractivity contribution is 0.0785. The molecule has 1 aromatic carbocycles. The Morgan fingerprint density at radius 3 is 2.89 bits per heavy atom. The summed E-state index contributed by atoms with van der Waals surface area (Å²) >= 11 is 5.66. The van der Waals surface area contributed by atoms with Gasteiger partial charge in [0, 0.05) is 19.1 Å². The Morgan fingerprint density at radius 2 is 2.28 bits per heavy atom. The SMILES string of the molecule is CNC1CCN(C(=O)c2cccc(Cl)c2F)C1.Cl. The maximum atomic E-state index is 13.7. The Balaban J connectivity index is 0.00000162. The van der Waals surface area contributed by atoms with Crippen molar-refractivity contribution in [1.29, 1.82) is 0 Å². The van der Waals surface area contributed by atoms with Crippen LogP contribution in [0.25, 0.3) is 0 Å². The Kier molecular flexibility index (Phi) is 5.38. The average Bonchev–Trinajstić information content (AvgIpc) is 2.80. The van der Waals surface area contributed by atoms with Crippen molar-refractivity contribution >= 4 is 29.9 Å². The van der Waals surface area contributed by atoms with Gasteiger partial charge in [0.25, 0.3) is 5.91 Å². The van der Waals surface area contributed by atoms with E-state index in [1.807, 2.05) is 7.05 Å². The number of halogens is 3. The van der Waals surface area contributed by atoms with Gasteiger partial charge in [-0.25, -0.2) is 4.39 Å². The first-order chi connectivity index (χ1) is 8.13. The van der Waals surface area contributed by atoms with E-state index in [-0.39, 0.29) is 28.9 Å². The summed E-state index contributed by atoms with van der Waals surface area (Å²) in [6.07, 6.45) is 0.893. The van der Waals surface area contributed by atoms with Gasteiger partial charge in [0.15, 0.2) is 5.82 Å². The third-order valence-electron chi connectivity index (χ3n) is 3.07. The Hall–Kier alpha value is -0.840. The number of nitrogens with zero attached hydrogens (tertiary/aromatic N) is 1. The average molecular weight is 293 g/mol. The number of carbonyl (C=O) groups excluding carboxylic acids is 1. The normalized spacial score (nSPS) is 18.6. The van der Waals surface area contributed by atoms with Crippen molar-refractivity contribution in [3.05, 3.63) is 34.6 Å². The van der Waals surface area contributed by atoms with Gasteiger partial charge < -0.3 is 10.2 Å². The molecule has 1 aliphatic heterocycles. The third kappa shape index (κ3) is 2.94. The van der Waals surface area contributed by atoms with Gasteiger partial charge in [-0.05, 0) is 25.6 Å². The van der Waals surface area contributed by atoms with E-state index in [0.29, 0.717) is 19.1 Å². The zero-order valence-electron chi connectivity index (χ0n) is 9.95. The quantitative estimate of drug-likeness (QED) is 0.907. The molecule has 1 aromatic rings. The smallest absolute Gasteiger partial charge is 0.256 e. The highest BCUT2D eigenvalue weighted by atomic mass is 35.5. The number of hydrogen-bond acceptors (Lipinski definition) is 2. The molecule has 0 radical (unpaired) electrons. The fraction of sp³-hybridized carbons (Fsp3) is 0.417. The molecule has 18 heavy (non-hydrogen) atoms. The van der Waals surface area contributed by atoms with Crippen molar-refractivity contribution in [2.75, 3.05) is 20.1 Å². The molecule has 2 rings (SSSR count). The number of likely N-dealkylation sites (N-methyl/N-ethyl adjacent to an activating group) is 1. The van der Waals surface area contributed by atoms with E-state index in [1.165, 1.54) is 12.1 Å². The number of rotatable bonds is 2. The summed E-state index contributed by atoms with van der Waals surface area (Å²) in [4.78, 5) is 13.7. The van der Waals surface area contributed by atoms with Crippen molar-refractivity contribution in [2.45, 2.75) is 12.5 Å². The lowest BCUT2D eigenvalue weighted by Crippen LogP contribution is -2.33. The molecule has 1 aliphatic rings. The lowest BCUT2D eigenvalue weighted by Gasteiger charge is -2.17. The summed E-state index contributed by atoms with van der Waals surface area (Å²) < 4.78 is 13.7. The van der Waals surface area contributed by atoms with Crippen molar-refractivity contribution in [1.82, 2.24) is 10.2 Å². The highest BCUT2D eigenvalue weighted by molar-refractivity contribution is 6.31. The van der Waals surface area contributed by atoms with E-state index in [0.717, 1.165) is 6.42 Å². The second kappa shape index (κ2) is 6.36. The molecule has 1 heterocycles. The van der Waals surface area contributed by atoms with Crippen LogP contribution in [-0.2, 0) is 0 Å². The van der Waals surface area contributed by atoms with E-state index >= 15 is 0 Å². The van der Waals surface area contributed by atoms with Gasteiger partial charge in [-0.2, -0.15) is 0 Å². The van der Waals surface area contributed by atoms with Crippen LogP contribution in [0, 0.1) is 5.82 Å². The van der Waals surface area contributed by atoms with Crippen LogP contribution in [0.4, 0.5) is 4.39 Å². The molecule has 3 nitrogen and oxygen atoms in total. The standard InChI is InChI=1S/C12H14ClFN2O.ClH/c1-15-8-5-6-16(7-8)12(17)9-3-2-4-10(13)11(9)14;/h2-4,8,15H,5-7H2,1H3;1H. The van der Waals surface area contributed by atoms with Crippen LogP contribution in [0.5, 0.6) is 0 Å². The van der Waals surface area contributed by atoms with Crippen LogP contribution in [0.2, 0.25) is 5.02 Å². The molecule has 1 N–H and O–H groups in total.